The summed E-state index contributed by atoms with van der Waals surface area (Å²) >= 11 is 9.56. The Labute approximate surface area is 211 Å². The lowest BCUT2D eigenvalue weighted by atomic mass is 10.1. The van der Waals surface area contributed by atoms with E-state index in [1.165, 1.54) is 37.5 Å². The number of cyclic esters (lactones) is 1. The lowest BCUT2D eigenvalue weighted by Crippen LogP contribution is -2.06. The molecule has 1 aliphatic heterocycles. The van der Waals surface area contributed by atoms with E-state index in [1.807, 2.05) is 0 Å². The molecule has 35 heavy (non-hydrogen) atoms. The fourth-order valence-corrected chi connectivity index (χ4v) is 4.00. The van der Waals surface area contributed by atoms with Gasteiger partial charge in [-0.1, -0.05) is 23.7 Å². The van der Waals surface area contributed by atoms with Crippen molar-refractivity contribution in [3.8, 4) is 11.5 Å². The fraction of sp³-hybridized carbons (Fsp3) is 0.0833. The Morgan fingerprint density at radius 2 is 1.94 bits per heavy atom. The Kier molecular flexibility index (Phi) is 7.13. The first-order chi connectivity index (χ1) is 16.7. The summed E-state index contributed by atoms with van der Waals surface area (Å²) in [6, 6.07) is 13.0. The Hall–Kier alpha value is -3.76. The second kappa shape index (κ2) is 10.2. The second-order valence-electron chi connectivity index (χ2n) is 7.21. The van der Waals surface area contributed by atoms with Gasteiger partial charge in [0.1, 0.15) is 12.4 Å². The minimum absolute atomic E-state index is 0.00310. The van der Waals surface area contributed by atoms with Gasteiger partial charge in [0.15, 0.2) is 17.2 Å². The number of carbonyl (C=O) groups is 1. The molecule has 178 valence electrons. The number of hydrogen-bond acceptors (Lipinski definition) is 7. The van der Waals surface area contributed by atoms with Crippen LogP contribution in [0.5, 0.6) is 11.5 Å². The van der Waals surface area contributed by atoms with E-state index in [2.05, 4.69) is 20.9 Å². The Morgan fingerprint density at radius 1 is 1.20 bits per heavy atom. The van der Waals surface area contributed by atoms with Crippen LogP contribution in [0.4, 0.5) is 10.1 Å². The maximum Gasteiger partial charge on any atom is 0.363 e. The van der Waals surface area contributed by atoms with Gasteiger partial charge in [-0.05, 0) is 63.5 Å². The highest BCUT2D eigenvalue weighted by molar-refractivity contribution is 9.10. The fourth-order valence-electron chi connectivity index (χ4n) is 3.17. The van der Waals surface area contributed by atoms with E-state index in [1.54, 1.807) is 24.3 Å². The molecule has 0 fully saturated rings. The SMILES string of the molecule is COc1cc(/C=C2\N=C(c3ccc([N+](=O)[O-])cc3Cl)OC2=O)cc(Br)c1OCc1ccc(F)cc1. The molecule has 11 heteroatoms. The molecule has 8 nitrogen and oxygen atoms in total. The number of nitro benzene ring substituents is 1. The van der Waals surface area contributed by atoms with Crippen molar-refractivity contribution in [2.24, 2.45) is 4.99 Å². The number of nitrogens with zero attached hydrogens (tertiary/aromatic N) is 2. The molecule has 0 saturated carbocycles. The van der Waals surface area contributed by atoms with Gasteiger partial charge in [-0.25, -0.2) is 14.2 Å². The first-order valence-corrected chi connectivity index (χ1v) is 11.1. The van der Waals surface area contributed by atoms with Crippen molar-refractivity contribution in [3.63, 3.8) is 0 Å². The molecule has 0 N–H and O–H groups in total. The topological polar surface area (TPSA) is 100 Å². The standard InChI is InChI=1S/C24H15BrClFN2O6/c1-33-21-10-14(8-18(25)22(21)34-12-13-2-4-15(27)5-3-13)9-20-24(30)35-23(28-20)17-7-6-16(29(31)32)11-19(17)26/h2-11H,12H2,1H3/b20-9-. The highest BCUT2D eigenvalue weighted by Gasteiger charge is 2.27. The van der Waals surface area contributed by atoms with Crippen LogP contribution in [0, 0.1) is 15.9 Å². The molecular formula is C24H15BrClFN2O6. The third-order valence-corrected chi connectivity index (χ3v) is 5.77. The van der Waals surface area contributed by atoms with Crippen molar-refractivity contribution in [3.05, 3.63) is 102 Å². The maximum absolute atomic E-state index is 13.1. The lowest BCUT2D eigenvalue weighted by molar-refractivity contribution is -0.384. The zero-order chi connectivity index (χ0) is 25.1. The summed E-state index contributed by atoms with van der Waals surface area (Å²) in [5, 5.41) is 10.9. The van der Waals surface area contributed by atoms with E-state index in [-0.39, 0.29) is 40.3 Å². The van der Waals surface area contributed by atoms with E-state index in [0.717, 1.165) is 11.6 Å². The predicted octanol–water partition coefficient (Wildman–Crippen LogP) is 6.08. The molecule has 3 aromatic carbocycles. The van der Waals surface area contributed by atoms with Crippen LogP contribution < -0.4 is 9.47 Å². The van der Waals surface area contributed by atoms with E-state index in [4.69, 9.17) is 25.8 Å². The van der Waals surface area contributed by atoms with Crippen LogP contribution in [-0.4, -0.2) is 23.9 Å². The second-order valence-corrected chi connectivity index (χ2v) is 8.47. The number of benzene rings is 3. The van der Waals surface area contributed by atoms with Gasteiger partial charge in [0, 0.05) is 12.1 Å². The summed E-state index contributed by atoms with van der Waals surface area (Å²) in [7, 11) is 1.47. The summed E-state index contributed by atoms with van der Waals surface area (Å²) in [5.74, 6) is -0.290. The molecule has 0 amide bonds. The molecule has 1 heterocycles. The van der Waals surface area contributed by atoms with E-state index < -0.39 is 10.9 Å². The van der Waals surface area contributed by atoms with Gasteiger partial charge in [0.05, 0.1) is 27.1 Å². The number of halogens is 3. The molecule has 0 radical (unpaired) electrons. The van der Waals surface area contributed by atoms with Gasteiger partial charge in [0.2, 0.25) is 5.90 Å². The van der Waals surface area contributed by atoms with Gasteiger partial charge < -0.3 is 14.2 Å². The van der Waals surface area contributed by atoms with E-state index in [9.17, 15) is 19.3 Å². The molecule has 0 spiro atoms. The quantitative estimate of drug-likeness (QED) is 0.150. The van der Waals surface area contributed by atoms with E-state index in [0.29, 0.717) is 21.5 Å². The number of aliphatic imine (C=N–C) groups is 1. The van der Waals surface area contributed by atoms with Gasteiger partial charge in [-0.2, -0.15) is 0 Å². The van der Waals surface area contributed by atoms with Crippen LogP contribution >= 0.6 is 27.5 Å². The van der Waals surface area contributed by atoms with Crippen molar-refractivity contribution in [1.29, 1.82) is 0 Å². The van der Waals surface area contributed by atoms with Gasteiger partial charge in [0.25, 0.3) is 5.69 Å². The van der Waals surface area contributed by atoms with Crippen molar-refractivity contribution in [1.82, 2.24) is 0 Å². The van der Waals surface area contributed by atoms with Crippen LogP contribution in [0.2, 0.25) is 5.02 Å². The maximum atomic E-state index is 13.1. The molecule has 0 unspecified atom stereocenters. The van der Waals surface area contributed by atoms with Crippen LogP contribution in [0.15, 0.2) is 69.8 Å². The summed E-state index contributed by atoms with van der Waals surface area (Å²) in [4.78, 5) is 26.9. The van der Waals surface area contributed by atoms with Crippen molar-refractivity contribution in [2.45, 2.75) is 6.61 Å². The van der Waals surface area contributed by atoms with E-state index >= 15 is 0 Å². The molecular weight excluding hydrogens is 547 g/mol. The van der Waals surface area contributed by atoms with Gasteiger partial charge >= 0.3 is 5.97 Å². The van der Waals surface area contributed by atoms with Crippen molar-refractivity contribution < 1.29 is 28.3 Å². The molecule has 4 rings (SSSR count). The number of non-ortho nitro benzene ring substituents is 1. The number of esters is 1. The summed E-state index contributed by atoms with van der Waals surface area (Å²) < 4.78 is 30.2. The number of hydrogen-bond donors (Lipinski definition) is 0. The molecule has 1 aliphatic rings. The van der Waals surface area contributed by atoms with Gasteiger partial charge in [-0.15, -0.1) is 0 Å². The number of methoxy groups -OCH3 is 1. The Balaban J connectivity index is 1.59. The average Bonchev–Trinajstić information content (AvgIpc) is 3.18. The average molecular weight is 562 g/mol. The molecule has 3 aromatic rings. The van der Waals surface area contributed by atoms with Crippen LogP contribution in [0.1, 0.15) is 16.7 Å². The summed E-state index contributed by atoms with van der Waals surface area (Å²) in [5.41, 5.74) is 1.39. The number of carbonyl (C=O) groups excluding carboxylic acids is 1. The summed E-state index contributed by atoms with van der Waals surface area (Å²) in [6.45, 7) is 0.186. The monoisotopic (exact) mass is 560 g/mol. The van der Waals surface area contributed by atoms with Crippen LogP contribution in [0.3, 0.4) is 0 Å². The number of nitro groups is 1. The first-order valence-electron chi connectivity index (χ1n) is 9.97. The lowest BCUT2D eigenvalue weighted by Gasteiger charge is -2.13. The molecule has 0 aromatic heterocycles. The smallest absolute Gasteiger partial charge is 0.363 e. The largest absolute Gasteiger partial charge is 0.493 e. The molecule has 0 saturated heterocycles. The zero-order valence-electron chi connectivity index (χ0n) is 18.0. The third kappa shape index (κ3) is 5.50. The zero-order valence-corrected chi connectivity index (χ0v) is 20.3. The Bertz CT molecular complexity index is 1390. The van der Waals surface area contributed by atoms with Crippen LogP contribution in [-0.2, 0) is 16.1 Å². The van der Waals surface area contributed by atoms with Gasteiger partial charge in [-0.3, -0.25) is 10.1 Å². The third-order valence-electron chi connectivity index (χ3n) is 4.87. The normalized spacial score (nSPS) is 14.0. The molecule has 0 bridgehead atoms. The predicted molar refractivity (Wildman–Crippen MR) is 130 cm³/mol. The number of rotatable bonds is 7. The summed E-state index contributed by atoms with van der Waals surface area (Å²) in [6.07, 6.45) is 1.49. The van der Waals surface area contributed by atoms with Crippen molar-refractivity contribution in [2.75, 3.05) is 7.11 Å². The highest BCUT2D eigenvalue weighted by atomic mass is 79.9. The molecule has 0 atom stereocenters. The number of ether oxygens (including phenoxy) is 3. The minimum Gasteiger partial charge on any atom is -0.493 e. The minimum atomic E-state index is -0.707. The Morgan fingerprint density at radius 3 is 2.60 bits per heavy atom. The highest BCUT2D eigenvalue weighted by Crippen LogP contribution is 2.38. The molecule has 0 aliphatic carbocycles. The first kappa shape index (κ1) is 24.4. The van der Waals surface area contributed by atoms with Crippen molar-refractivity contribution >= 4 is 51.2 Å². The van der Waals surface area contributed by atoms with Crippen LogP contribution in [0.25, 0.3) is 6.08 Å².